The molecule has 1 aromatic carbocycles. The van der Waals surface area contributed by atoms with Gasteiger partial charge in [0.1, 0.15) is 5.82 Å². The summed E-state index contributed by atoms with van der Waals surface area (Å²) in [6.07, 6.45) is 0. The van der Waals surface area contributed by atoms with Crippen LogP contribution in [-0.4, -0.2) is 18.8 Å². The van der Waals surface area contributed by atoms with Crippen LogP contribution < -0.4 is 5.73 Å². The molecule has 3 nitrogen and oxygen atoms in total. The third kappa shape index (κ3) is 2.51. The maximum Gasteiger partial charge on any atom is 0.129 e. The van der Waals surface area contributed by atoms with Gasteiger partial charge in [0.2, 0.25) is 0 Å². The van der Waals surface area contributed by atoms with Gasteiger partial charge in [0.15, 0.2) is 0 Å². The van der Waals surface area contributed by atoms with Gasteiger partial charge in [0, 0.05) is 12.7 Å². The van der Waals surface area contributed by atoms with Crippen molar-refractivity contribution in [2.45, 2.75) is 12.6 Å². The lowest BCUT2D eigenvalue weighted by atomic mass is 10.1. The average Bonchev–Trinajstić information content (AvgIpc) is 2.20. The molecule has 0 saturated carbocycles. The van der Waals surface area contributed by atoms with Crippen LogP contribution in [0.15, 0.2) is 18.2 Å². The lowest BCUT2D eigenvalue weighted by Crippen LogP contribution is -2.14. The molecule has 1 aromatic rings. The molecule has 3 N–H and O–H groups in total. The second-order valence-corrected chi connectivity index (χ2v) is 3.07. The molecule has 0 fully saturated rings. The van der Waals surface area contributed by atoms with E-state index in [0.29, 0.717) is 11.1 Å². The van der Waals surface area contributed by atoms with Crippen LogP contribution in [0, 0.1) is 5.82 Å². The summed E-state index contributed by atoms with van der Waals surface area (Å²) in [5, 5.41) is 8.78. The van der Waals surface area contributed by atoms with Crippen molar-refractivity contribution in [3.05, 3.63) is 35.1 Å². The quantitative estimate of drug-likeness (QED) is 0.759. The van der Waals surface area contributed by atoms with Crippen molar-refractivity contribution in [2.75, 3.05) is 13.7 Å². The Bertz CT molecular complexity index is 304. The van der Waals surface area contributed by atoms with Crippen LogP contribution in [0.4, 0.5) is 4.39 Å². The summed E-state index contributed by atoms with van der Waals surface area (Å²) >= 11 is 0. The van der Waals surface area contributed by atoms with Crippen molar-refractivity contribution in [3.63, 3.8) is 0 Å². The standard InChI is InChI=1S/C10H14FNO2/c1-14-6-8-3-2-7(4-9(8)11)10(12)5-13/h2-4,10,13H,5-6,12H2,1H3. The first kappa shape index (κ1) is 11.1. The van der Waals surface area contributed by atoms with Gasteiger partial charge in [-0.2, -0.15) is 0 Å². The minimum atomic E-state index is -0.527. The summed E-state index contributed by atoms with van der Waals surface area (Å²) in [6, 6.07) is 4.11. The van der Waals surface area contributed by atoms with Crippen LogP contribution in [-0.2, 0) is 11.3 Å². The molecule has 0 heterocycles. The van der Waals surface area contributed by atoms with E-state index in [1.165, 1.54) is 13.2 Å². The lowest BCUT2D eigenvalue weighted by molar-refractivity contribution is 0.181. The highest BCUT2D eigenvalue weighted by atomic mass is 19.1. The Labute approximate surface area is 82.3 Å². The molecule has 1 rings (SSSR count). The molecule has 0 radical (unpaired) electrons. The van der Waals surface area contributed by atoms with E-state index >= 15 is 0 Å². The third-order valence-electron chi connectivity index (χ3n) is 2.00. The van der Waals surface area contributed by atoms with Crippen LogP contribution in [0.5, 0.6) is 0 Å². The second-order valence-electron chi connectivity index (χ2n) is 3.07. The number of aliphatic hydroxyl groups is 1. The van der Waals surface area contributed by atoms with Gasteiger partial charge < -0.3 is 15.6 Å². The highest BCUT2D eigenvalue weighted by Crippen LogP contribution is 2.15. The minimum Gasteiger partial charge on any atom is -0.394 e. The molecule has 1 unspecified atom stereocenters. The normalized spacial score (nSPS) is 12.9. The molecular weight excluding hydrogens is 185 g/mol. The van der Waals surface area contributed by atoms with E-state index in [0.717, 1.165) is 0 Å². The summed E-state index contributed by atoms with van der Waals surface area (Å²) in [5.74, 6) is -0.353. The van der Waals surface area contributed by atoms with Crippen LogP contribution in [0.1, 0.15) is 17.2 Å². The first-order valence-electron chi connectivity index (χ1n) is 4.32. The van der Waals surface area contributed by atoms with E-state index in [1.807, 2.05) is 0 Å². The summed E-state index contributed by atoms with van der Waals surface area (Å²) < 4.78 is 18.1. The number of aliphatic hydroxyl groups excluding tert-OH is 1. The van der Waals surface area contributed by atoms with Crippen molar-refractivity contribution in [1.82, 2.24) is 0 Å². The number of halogens is 1. The molecule has 4 heteroatoms. The predicted octanol–water partition coefficient (Wildman–Crippen LogP) is 0.964. The Balaban J connectivity index is 2.88. The van der Waals surface area contributed by atoms with E-state index in [1.54, 1.807) is 12.1 Å². The van der Waals surface area contributed by atoms with E-state index in [2.05, 4.69) is 0 Å². The molecular formula is C10H14FNO2. The molecule has 0 bridgehead atoms. The summed E-state index contributed by atoms with van der Waals surface area (Å²) in [5.41, 5.74) is 6.61. The molecule has 14 heavy (non-hydrogen) atoms. The Hall–Kier alpha value is -0.970. The topological polar surface area (TPSA) is 55.5 Å². The number of benzene rings is 1. The monoisotopic (exact) mass is 199 g/mol. The molecule has 0 amide bonds. The van der Waals surface area contributed by atoms with E-state index < -0.39 is 6.04 Å². The second kappa shape index (κ2) is 5.05. The Morgan fingerprint density at radius 1 is 1.57 bits per heavy atom. The Morgan fingerprint density at radius 3 is 2.79 bits per heavy atom. The first-order chi connectivity index (χ1) is 6.69. The van der Waals surface area contributed by atoms with Crippen molar-refractivity contribution in [2.24, 2.45) is 5.73 Å². The van der Waals surface area contributed by atoms with Crippen LogP contribution in [0.2, 0.25) is 0 Å². The van der Waals surface area contributed by atoms with E-state index in [4.69, 9.17) is 15.6 Å². The highest BCUT2D eigenvalue weighted by Gasteiger charge is 2.08. The van der Waals surface area contributed by atoms with Crippen LogP contribution >= 0.6 is 0 Å². The van der Waals surface area contributed by atoms with Gasteiger partial charge in [-0.25, -0.2) is 4.39 Å². The molecule has 0 aliphatic rings. The van der Waals surface area contributed by atoms with Crippen molar-refractivity contribution >= 4 is 0 Å². The molecule has 0 saturated heterocycles. The highest BCUT2D eigenvalue weighted by molar-refractivity contribution is 5.26. The van der Waals surface area contributed by atoms with Gasteiger partial charge in [-0.15, -0.1) is 0 Å². The van der Waals surface area contributed by atoms with E-state index in [9.17, 15) is 4.39 Å². The first-order valence-corrected chi connectivity index (χ1v) is 4.32. The molecule has 0 aliphatic carbocycles. The van der Waals surface area contributed by atoms with Gasteiger partial charge in [-0.1, -0.05) is 12.1 Å². The fraction of sp³-hybridized carbons (Fsp3) is 0.400. The van der Waals surface area contributed by atoms with Gasteiger partial charge in [0.05, 0.1) is 19.3 Å². The number of nitrogens with two attached hydrogens (primary N) is 1. The third-order valence-corrected chi connectivity index (χ3v) is 2.00. The van der Waals surface area contributed by atoms with E-state index in [-0.39, 0.29) is 19.0 Å². The molecule has 1 atom stereocenters. The SMILES string of the molecule is COCc1ccc(C(N)CO)cc1F. The number of hydrogen-bond donors (Lipinski definition) is 2. The van der Waals surface area contributed by atoms with Crippen molar-refractivity contribution in [3.8, 4) is 0 Å². The zero-order valence-electron chi connectivity index (χ0n) is 8.03. The fourth-order valence-corrected chi connectivity index (χ4v) is 1.17. The molecule has 78 valence electrons. The summed E-state index contributed by atoms with van der Waals surface area (Å²) in [6.45, 7) is 0.0452. The van der Waals surface area contributed by atoms with Crippen molar-refractivity contribution in [1.29, 1.82) is 0 Å². The number of methoxy groups -OCH3 is 1. The number of hydrogen-bond acceptors (Lipinski definition) is 3. The Kier molecular flexibility index (Phi) is 4.00. The van der Waals surface area contributed by atoms with Crippen LogP contribution in [0.25, 0.3) is 0 Å². The largest absolute Gasteiger partial charge is 0.394 e. The van der Waals surface area contributed by atoms with Crippen molar-refractivity contribution < 1.29 is 14.2 Å². The molecule has 0 spiro atoms. The predicted molar refractivity (Wildman–Crippen MR) is 51.1 cm³/mol. The number of ether oxygens (including phenoxy) is 1. The summed E-state index contributed by atoms with van der Waals surface area (Å²) in [7, 11) is 1.51. The van der Waals surface area contributed by atoms with Gasteiger partial charge in [0.25, 0.3) is 0 Å². The van der Waals surface area contributed by atoms with Gasteiger partial charge >= 0.3 is 0 Å². The lowest BCUT2D eigenvalue weighted by Gasteiger charge is -2.10. The smallest absolute Gasteiger partial charge is 0.129 e. The maximum atomic E-state index is 13.3. The Morgan fingerprint density at radius 2 is 2.29 bits per heavy atom. The van der Waals surface area contributed by atoms with Crippen LogP contribution in [0.3, 0.4) is 0 Å². The molecule has 0 aromatic heterocycles. The summed E-state index contributed by atoms with van der Waals surface area (Å²) in [4.78, 5) is 0. The fourth-order valence-electron chi connectivity index (χ4n) is 1.17. The zero-order valence-corrected chi connectivity index (χ0v) is 8.03. The number of rotatable bonds is 4. The van der Waals surface area contributed by atoms with Gasteiger partial charge in [-0.3, -0.25) is 0 Å². The zero-order chi connectivity index (χ0) is 10.6. The average molecular weight is 199 g/mol. The minimum absolute atomic E-state index is 0.191. The van der Waals surface area contributed by atoms with Gasteiger partial charge in [-0.05, 0) is 11.6 Å². The molecule has 0 aliphatic heterocycles. The maximum absolute atomic E-state index is 13.3.